The Kier molecular flexibility index (Phi) is 5.27. The van der Waals surface area contributed by atoms with Gasteiger partial charge in [0.2, 0.25) is 0 Å². The van der Waals surface area contributed by atoms with Crippen LogP contribution in [0.2, 0.25) is 5.02 Å². The lowest BCUT2D eigenvalue weighted by Crippen LogP contribution is -2.19. The van der Waals surface area contributed by atoms with Crippen molar-refractivity contribution in [3.05, 3.63) is 64.2 Å². The molecule has 0 aromatic heterocycles. The number of halogens is 1. The van der Waals surface area contributed by atoms with Gasteiger partial charge in [-0.25, -0.2) is 0 Å². The van der Waals surface area contributed by atoms with Crippen LogP contribution in [0.4, 0.5) is 5.69 Å². The summed E-state index contributed by atoms with van der Waals surface area (Å²) in [6.45, 7) is 4.94. The van der Waals surface area contributed by atoms with Gasteiger partial charge in [0.1, 0.15) is 0 Å². The van der Waals surface area contributed by atoms with E-state index < -0.39 is 0 Å². The highest BCUT2D eigenvalue weighted by Crippen LogP contribution is 2.27. The molecule has 2 nitrogen and oxygen atoms in total. The SMILES string of the molecule is Cc1ccc(CN(C)c2ccc(CC(C)N)cc2Cl)cc1. The number of anilines is 1. The summed E-state index contributed by atoms with van der Waals surface area (Å²) >= 11 is 6.42. The fourth-order valence-electron chi connectivity index (χ4n) is 2.41. The molecule has 0 aliphatic rings. The van der Waals surface area contributed by atoms with Crippen molar-refractivity contribution in [2.45, 2.75) is 32.9 Å². The highest BCUT2D eigenvalue weighted by atomic mass is 35.5. The summed E-state index contributed by atoms with van der Waals surface area (Å²) in [5.41, 5.74) is 10.6. The molecule has 2 aromatic carbocycles. The van der Waals surface area contributed by atoms with E-state index >= 15 is 0 Å². The molecule has 112 valence electrons. The molecule has 0 saturated carbocycles. The molecule has 2 aromatic rings. The molecule has 1 unspecified atom stereocenters. The third kappa shape index (κ3) is 4.48. The van der Waals surface area contributed by atoms with Crippen LogP contribution in [0.15, 0.2) is 42.5 Å². The molecule has 0 radical (unpaired) electrons. The molecule has 0 saturated heterocycles. The molecule has 1 atom stereocenters. The maximum atomic E-state index is 6.42. The first-order valence-electron chi connectivity index (χ1n) is 7.26. The molecular formula is C18H23ClN2. The van der Waals surface area contributed by atoms with E-state index in [0.29, 0.717) is 0 Å². The average molecular weight is 303 g/mol. The third-order valence-corrected chi connectivity index (χ3v) is 3.82. The molecule has 0 aliphatic carbocycles. The second kappa shape index (κ2) is 6.97. The van der Waals surface area contributed by atoms with Crippen LogP contribution in [0, 0.1) is 6.92 Å². The maximum Gasteiger partial charge on any atom is 0.0642 e. The zero-order chi connectivity index (χ0) is 15.4. The molecule has 0 aliphatic heterocycles. The first-order valence-corrected chi connectivity index (χ1v) is 7.64. The van der Waals surface area contributed by atoms with Crippen LogP contribution in [0.3, 0.4) is 0 Å². The second-order valence-electron chi connectivity index (χ2n) is 5.81. The van der Waals surface area contributed by atoms with Crippen LogP contribution in [0.5, 0.6) is 0 Å². The summed E-state index contributed by atoms with van der Waals surface area (Å²) in [5.74, 6) is 0. The molecular weight excluding hydrogens is 280 g/mol. The number of aryl methyl sites for hydroxylation is 1. The van der Waals surface area contributed by atoms with E-state index in [1.165, 1.54) is 16.7 Å². The van der Waals surface area contributed by atoms with Crippen molar-refractivity contribution < 1.29 is 0 Å². The highest BCUT2D eigenvalue weighted by molar-refractivity contribution is 6.33. The van der Waals surface area contributed by atoms with Gasteiger partial charge in [0.05, 0.1) is 10.7 Å². The zero-order valence-electron chi connectivity index (χ0n) is 12.9. The quantitative estimate of drug-likeness (QED) is 0.898. The summed E-state index contributed by atoms with van der Waals surface area (Å²) < 4.78 is 0. The predicted octanol–water partition coefficient (Wildman–Crippen LogP) is 4.17. The largest absolute Gasteiger partial charge is 0.369 e. The molecule has 0 spiro atoms. The van der Waals surface area contributed by atoms with Gasteiger partial charge in [-0.15, -0.1) is 0 Å². The monoisotopic (exact) mass is 302 g/mol. The predicted molar refractivity (Wildman–Crippen MR) is 92.1 cm³/mol. The Morgan fingerprint density at radius 1 is 1.10 bits per heavy atom. The summed E-state index contributed by atoms with van der Waals surface area (Å²) in [6.07, 6.45) is 0.849. The van der Waals surface area contributed by atoms with Crippen LogP contribution in [0.1, 0.15) is 23.6 Å². The van der Waals surface area contributed by atoms with E-state index in [9.17, 15) is 0 Å². The van der Waals surface area contributed by atoms with Gasteiger partial charge in [0, 0.05) is 19.6 Å². The zero-order valence-corrected chi connectivity index (χ0v) is 13.7. The van der Waals surface area contributed by atoms with Crippen molar-refractivity contribution in [2.24, 2.45) is 5.73 Å². The van der Waals surface area contributed by atoms with E-state index in [-0.39, 0.29) is 6.04 Å². The summed E-state index contributed by atoms with van der Waals surface area (Å²) in [5, 5.41) is 0.780. The molecule has 2 N–H and O–H groups in total. The molecule has 0 amide bonds. The van der Waals surface area contributed by atoms with Gasteiger partial charge in [-0.2, -0.15) is 0 Å². The Morgan fingerprint density at radius 2 is 1.71 bits per heavy atom. The molecule has 0 fully saturated rings. The van der Waals surface area contributed by atoms with Crippen molar-refractivity contribution in [1.82, 2.24) is 0 Å². The van der Waals surface area contributed by atoms with E-state index in [1.54, 1.807) is 0 Å². The second-order valence-corrected chi connectivity index (χ2v) is 6.22. The molecule has 3 heteroatoms. The number of benzene rings is 2. The lowest BCUT2D eigenvalue weighted by atomic mass is 10.1. The van der Waals surface area contributed by atoms with Crippen LogP contribution >= 0.6 is 11.6 Å². The van der Waals surface area contributed by atoms with Crippen LogP contribution < -0.4 is 10.6 Å². The standard InChI is InChI=1S/C18H23ClN2/c1-13-4-6-15(7-5-13)12-21(3)18-9-8-16(10-14(2)20)11-17(18)19/h4-9,11,14H,10,12,20H2,1-3H3. The fraction of sp³-hybridized carbons (Fsp3) is 0.333. The molecule has 2 rings (SSSR count). The lowest BCUT2D eigenvalue weighted by molar-refractivity contribution is 0.738. The van der Waals surface area contributed by atoms with Gasteiger partial charge in [0.15, 0.2) is 0 Å². The average Bonchev–Trinajstić information content (AvgIpc) is 2.40. The lowest BCUT2D eigenvalue weighted by Gasteiger charge is -2.21. The van der Waals surface area contributed by atoms with Gasteiger partial charge >= 0.3 is 0 Å². The van der Waals surface area contributed by atoms with Crippen LogP contribution in [-0.2, 0) is 13.0 Å². The third-order valence-electron chi connectivity index (χ3n) is 3.52. The first kappa shape index (κ1) is 15.9. The number of hydrogen-bond donors (Lipinski definition) is 1. The van der Waals surface area contributed by atoms with Gasteiger partial charge in [0.25, 0.3) is 0 Å². The Balaban J connectivity index is 2.11. The Morgan fingerprint density at radius 3 is 2.29 bits per heavy atom. The molecule has 0 bridgehead atoms. The number of hydrogen-bond acceptors (Lipinski definition) is 2. The Labute approximate surface area is 132 Å². The maximum absolute atomic E-state index is 6.42. The minimum absolute atomic E-state index is 0.150. The van der Waals surface area contributed by atoms with Crippen molar-refractivity contribution in [1.29, 1.82) is 0 Å². The van der Waals surface area contributed by atoms with Crippen molar-refractivity contribution >= 4 is 17.3 Å². The molecule has 0 heterocycles. The first-order chi connectivity index (χ1) is 9.95. The van der Waals surface area contributed by atoms with Crippen molar-refractivity contribution in [3.63, 3.8) is 0 Å². The van der Waals surface area contributed by atoms with Crippen LogP contribution in [-0.4, -0.2) is 13.1 Å². The summed E-state index contributed by atoms with van der Waals surface area (Å²) in [6, 6.07) is 14.9. The number of rotatable bonds is 5. The Bertz CT molecular complexity index is 591. The Hall–Kier alpha value is -1.51. The summed E-state index contributed by atoms with van der Waals surface area (Å²) in [4.78, 5) is 2.17. The number of nitrogens with zero attached hydrogens (tertiary/aromatic N) is 1. The number of nitrogens with two attached hydrogens (primary N) is 1. The van der Waals surface area contributed by atoms with Crippen LogP contribution in [0.25, 0.3) is 0 Å². The van der Waals surface area contributed by atoms with Gasteiger partial charge < -0.3 is 10.6 Å². The minimum Gasteiger partial charge on any atom is -0.369 e. The van der Waals surface area contributed by atoms with Gasteiger partial charge in [-0.1, -0.05) is 47.5 Å². The van der Waals surface area contributed by atoms with E-state index in [4.69, 9.17) is 17.3 Å². The normalized spacial score (nSPS) is 12.2. The van der Waals surface area contributed by atoms with Crippen molar-refractivity contribution in [2.75, 3.05) is 11.9 Å². The van der Waals surface area contributed by atoms with E-state index in [2.05, 4.69) is 55.3 Å². The molecule has 21 heavy (non-hydrogen) atoms. The smallest absolute Gasteiger partial charge is 0.0642 e. The minimum atomic E-state index is 0.150. The van der Waals surface area contributed by atoms with E-state index in [1.807, 2.05) is 13.0 Å². The highest BCUT2D eigenvalue weighted by Gasteiger charge is 2.08. The summed E-state index contributed by atoms with van der Waals surface area (Å²) in [7, 11) is 2.06. The topological polar surface area (TPSA) is 29.3 Å². The van der Waals surface area contributed by atoms with E-state index in [0.717, 1.165) is 23.7 Å². The fourth-order valence-corrected chi connectivity index (χ4v) is 2.76. The van der Waals surface area contributed by atoms with Gasteiger partial charge in [-0.05, 0) is 43.5 Å². The van der Waals surface area contributed by atoms with Crippen molar-refractivity contribution in [3.8, 4) is 0 Å². The van der Waals surface area contributed by atoms with Gasteiger partial charge in [-0.3, -0.25) is 0 Å².